The third kappa shape index (κ3) is 6.14. The second-order valence-electron chi connectivity index (χ2n) is 10.7. The summed E-state index contributed by atoms with van der Waals surface area (Å²) in [6, 6.07) is 35.3. The summed E-state index contributed by atoms with van der Waals surface area (Å²) in [4.78, 5) is 36.3. The Morgan fingerprint density at radius 1 is 0.558 bits per heavy atom. The predicted octanol–water partition coefficient (Wildman–Crippen LogP) is 7.28. The van der Waals surface area contributed by atoms with E-state index in [1.807, 2.05) is 111 Å². The Bertz CT molecular complexity index is 1840. The molecule has 2 heterocycles. The molecule has 2 aromatic heterocycles. The highest BCUT2D eigenvalue weighted by Gasteiger charge is 2.16. The van der Waals surface area contributed by atoms with E-state index in [4.69, 9.17) is 9.97 Å². The van der Waals surface area contributed by atoms with Crippen LogP contribution in [0.25, 0.3) is 44.3 Å². The lowest BCUT2D eigenvalue weighted by Crippen LogP contribution is -2.30. The molecule has 0 fully saturated rings. The van der Waals surface area contributed by atoms with Crippen molar-refractivity contribution in [2.75, 3.05) is 13.1 Å². The first-order valence-electron chi connectivity index (χ1n) is 14.5. The number of para-hydroxylation sites is 2. The third-order valence-corrected chi connectivity index (χ3v) is 7.47. The maximum Gasteiger partial charge on any atom is 0.252 e. The minimum Gasteiger partial charge on any atom is -0.352 e. The van der Waals surface area contributed by atoms with Crippen molar-refractivity contribution in [1.29, 1.82) is 0 Å². The van der Waals surface area contributed by atoms with Crippen LogP contribution >= 0.6 is 0 Å². The summed E-state index contributed by atoms with van der Waals surface area (Å²) in [6.45, 7) is 4.91. The van der Waals surface area contributed by atoms with Crippen LogP contribution in [-0.2, 0) is 0 Å². The van der Waals surface area contributed by atoms with E-state index in [1.165, 1.54) is 0 Å². The molecule has 6 rings (SSSR count). The van der Waals surface area contributed by atoms with Gasteiger partial charge in [-0.1, -0.05) is 83.9 Å². The van der Waals surface area contributed by atoms with Gasteiger partial charge in [-0.2, -0.15) is 0 Å². The van der Waals surface area contributed by atoms with Crippen molar-refractivity contribution in [3.05, 3.63) is 131 Å². The molecule has 0 aliphatic heterocycles. The number of amides is 2. The number of nitrogens with zero attached hydrogens (tertiary/aromatic N) is 2. The van der Waals surface area contributed by atoms with Crippen molar-refractivity contribution in [2.45, 2.75) is 20.3 Å². The zero-order valence-electron chi connectivity index (χ0n) is 24.2. The number of aryl methyl sites for hydroxylation is 2. The monoisotopic (exact) mass is 564 g/mol. The van der Waals surface area contributed by atoms with Crippen LogP contribution in [0, 0.1) is 13.8 Å². The van der Waals surface area contributed by atoms with E-state index in [1.54, 1.807) is 0 Å². The Morgan fingerprint density at radius 3 is 1.44 bits per heavy atom. The highest BCUT2D eigenvalue weighted by atomic mass is 16.2. The average molecular weight is 565 g/mol. The first kappa shape index (κ1) is 27.8. The van der Waals surface area contributed by atoms with Gasteiger partial charge >= 0.3 is 0 Å². The average Bonchev–Trinajstić information content (AvgIpc) is 3.03. The number of pyridine rings is 2. The summed E-state index contributed by atoms with van der Waals surface area (Å²) >= 11 is 0. The van der Waals surface area contributed by atoms with E-state index < -0.39 is 0 Å². The standard InChI is InChI=1S/C37H32N4O2/c1-24-10-7-12-26(20-24)34-22-30(28-14-3-5-16-32(28)40-34)36(42)38-18-9-19-39-37(43)31-23-35(27-13-8-11-25(2)21-27)41-33-17-6-4-15-29(31)33/h3-8,10-17,20-23H,9,18-19H2,1-2H3,(H,38,42)(H,39,43). The molecule has 6 nitrogen and oxygen atoms in total. The van der Waals surface area contributed by atoms with Gasteiger partial charge in [0.1, 0.15) is 0 Å². The normalized spacial score (nSPS) is 11.0. The Labute approximate surface area is 250 Å². The van der Waals surface area contributed by atoms with Gasteiger partial charge in [0.25, 0.3) is 11.8 Å². The van der Waals surface area contributed by atoms with Gasteiger partial charge in [0.15, 0.2) is 0 Å². The van der Waals surface area contributed by atoms with Crippen molar-refractivity contribution in [2.24, 2.45) is 0 Å². The predicted molar refractivity (Wildman–Crippen MR) is 173 cm³/mol. The van der Waals surface area contributed by atoms with E-state index >= 15 is 0 Å². The largest absolute Gasteiger partial charge is 0.352 e. The fraction of sp³-hybridized carbons (Fsp3) is 0.135. The third-order valence-electron chi connectivity index (χ3n) is 7.47. The molecule has 0 atom stereocenters. The van der Waals surface area contributed by atoms with E-state index in [2.05, 4.69) is 22.8 Å². The molecule has 6 aromatic rings. The van der Waals surface area contributed by atoms with Crippen LogP contribution in [0.15, 0.2) is 109 Å². The fourth-order valence-electron chi connectivity index (χ4n) is 5.31. The summed E-state index contributed by atoms with van der Waals surface area (Å²) < 4.78 is 0. The molecule has 0 unspecified atom stereocenters. The number of benzene rings is 4. The minimum absolute atomic E-state index is 0.165. The summed E-state index contributed by atoms with van der Waals surface area (Å²) in [7, 11) is 0. The number of aromatic nitrogens is 2. The second-order valence-corrected chi connectivity index (χ2v) is 10.7. The number of nitrogens with one attached hydrogen (secondary N) is 2. The SMILES string of the molecule is Cc1cccc(-c2cc(C(=O)NCCCNC(=O)c3cc(-c4cccc(C)c4)nc4ccccc34)c3ccccc3n2)c1. The maximum atomic E-state index is 13.3. The van der Waals surface area contributed by atoms with E-state index in [-0.39, 0.29) is 11.8 Å². The van der Waals surface area contributed by atoms with Gasteiger partial charge < -0.3 is 10.6 Å². The number of rotatable bonds is 8. The molecule has 43 heavy (non-hydrogen) atoms. The molecule has 2 amide bonds. The molecule has 0 aliphatic rings. The first-order chi connectivity index (χ1) is 21.0. The number of hydrogen-bond acceptors (Lipinski definition) is 4. The van der Waals surface area contributed by atoms with Crippen molar-refractivity contribution in [3.63, 3.8) is 0 Å². The smallest absolute Gasteiger partial charge is 0.252 e. The number of carbonyl (C=O) groups excluding carboxylic acids is 2. The van der Waals surface area contributed by atoms with Crippen molar-refractivity contribution >= 4 is 33.6 Å². The summed E-state index contributed by atoms with van der Waals surface area (Å²) in [5.41, 5.74) is 8.42. The molecule has 0 saturated carbocycles. The first-order valence-corrected chi connectivity index (χ1v) is 14.5. The van der Waals surface area contributed by atoms with Crippen LogP contribution in [0.2, 0.25) is 0 Å². The molecule has 0 radical (unpaired) electrons. The van der Waals surface area contributed by atoms with Gasteiger partial charge in [-0.15, -0.1) is 0 Å². The molecule has 2 N–H and O–H groups in total. The molecule has 0 aliphatic carbocycles. The van der Waals surface area contributed by atoms with Crippen LogP contribution in [-0.4, -0.2) is 34.9 Å². The van der Waals surface area contributed by atoms with E-state index in [0.29, 0.717) is 30.6 Å². The zero-order valence-corrected chi connectivity index (χ0v) is 24.2. The Morgan fingerprint density at radius 2 is 1.00 bits per heavy atom. The van der Waals surface area contributed by atoms with Gasteiger partial charge in [-0.05, 0) is 56.7 Å². The zero-order chi connectivity index (χ0) is 29.8. The quantitative estimate of drug-likeness (QED) is 0.190. The summed E-state index contributed by atoms with van der Waals surface area (Å²) in [5.74, 6) is -0.330. The van der Waals surface area contributed by atoms with Crippen LogP contribution in [0.4, 0.5) is 0 Å². The van der Waals surface area contributed by atoms with Crippen molar-refractivity contribution in [3.8, 4) is 22.5 Å². The number of carbonyl (C=O) groups is 2. The molecule has 0 saturated heterocycles. The minimum atomic E-state index is -0.165. The lowest BCUT2D eigenvalue weighted by molar-refractivity contribution is 0.0953. The number of fused-ring (bicyclic) bond motifs is 2. The lowest BCUT2D eigenvalue weighted by Gasteiger charge is -2.12. The molecule has 4 aromatic carbocycles. The van der Waals surface area contributed by atoms with Crippen LogP contribution in [0.3, 0.4) is 0 Å². The van der Waals surface area contributed by atoms with Crippen LogP contribution in [0.1, 0.15) is 38.3 Å². The molecule has 0 bridgehead atoms. The number of hydrogen-bond donors (Lipinski definition) is 2. The van der Waals surface area contributed by atoms with Gasteiger partial charge in [0.2, 0.25) is 0 Å². The van der Waals surface area contributed by atoms with E-state index in [0.717, 1.165) is 55.4 Å². The van der Waals surface area contributed by atoms with Gasteiger partial charge in [0, 0.05) is 35.0 Å². The summed E-state index contributed by atoms with van der Waals surface area (Å²) in [5, 5.41) is 7.67. The topological polar surface area (TPSA) is 84.0 Å². The van der Waals surface area contributed by atoms with Crippen LogP contribution < -0.4 is 10.6 Å². The lowest BCUT2D eigenvalue weighted by atomic mass is 10.0. The van der Waals surface area contributed by atoms with E-state index in [9.17, 15) is 9.59 Å². The molecule has 6 heteroatoms. The van der Waals surface area contributed by atoms with Gasteiger partial charge in [0.05, 0.1) is 33.5 Å². The van der Waals surface area contributed by atoms with Crippen molar-refractivity contribution in [1.82, 2.24) is 20.6 Å². The maximum absolute atomic E-state index is 13.3. The highest BCUT2D eigenvalue weighted by Crippen LogP contribution is 2.27. The molecular formula is C37H32N4O2. The molecular weight excluding hydrogens is 532 g/mol. The van der Waals surface area contributed by atoms with Gasteiger partial charge in [-0.3, -0.25) is 9.59 Å². The van der Waals surface area contributed by atoms with Crippen LogP contribution in [0.5, 0.6) is 0 Å². The van der Waals surface area contributed by atoms with Gasteiger partial charge in [-0.25, -0.2) is 9.97 Å². The Balaban J connectivity index is 1.14. The Kier molecular flexibility index (Phi) is 7.92. The Hall–Kier alpha value is -5.36. The molecule has 212 valence electrons. The second kappa shape index (κ2) is 12.2. The highest BCUT2D eigenvalue weighted by molar-refractivity contribution is 6.08. The molecule has 0 spiro atoms. The fourth-order valence-corrected chi connectivity index (χ4v) is 5.31. The van der Waals surface area contributed by atoms with Crippen molar-refractivity contribution < 1.29 is 9.59 Å². The summed E-state index contributed by atoms with van der Waals surface area (Å²) in [6.07, 6.45) is 0.582.